The monoisotopic (exact) mass is 505 g/mol. The smallest absolute Gasteiger partial charge is 0.326 e. The van der Waals surface area contributed by atoms with Crippen molar-refractivity contribution in [3.05, 3.63) is 0 Å². The van der Waals surface area contributed by atoms with Gasteiger partial charge in [-0.1, -0.05) is 13.8 Å². The second-order valence-corrected chi connectivity index (χ2v) is 9.13. The highest BCUT2D eigenvalue weighted by atomic mass is 32.2. The van der Waals surface area contributed by atoms with E-state index in [1.807, 2.05) is 13.8 Å². The number of nitrogens with two attached hydrogens (primary N) is 2. The summed E-state index contributed by atoms with van der Waals surface area (Å²) in [7, 11) is 0. The summed E-state index contributed by atoms with van der Waals surface area (Å²) >= 11 is 1.39. The Labute approximate surface area is 202 Å². The standard InChI is InChI=1S/C20H35N5O8S/c1-10(2)8-13(24-17(29)11(21)4-5-15(22)26)19(31)23-12(6-7-34-3)18(30)25-14(20(32)33)9-16(27)28/h10-14H,4-9,21H2,1-3H3,(H2,22,26)(H,23,31)(H,24,29)(H,25,30)(H,27,28)(H,32,33). The molecule has 4 unspecified atom stereocenters. The van der Waals surface area contributed by atoms with Gasteiger partial charge in [-0.15, -0.1) is 0 Å². The zero-order valence-electron chi connectivity index (χ0n) is 19.5. The lowest BCUT2D eigenvalue weighted by Crippen LogP contribution is -2.57. The molecule has 194 valence electrons. The van der Waals surface area contributed by atoms with Crippen molar-refractivity contribution in [3.8, 4) is 0 Å². The van der Waals surface area contributed by atoms with Gasteiger partial charge < -0.3 is 37.6 Å². The van der Waals surface area contributed by atoms with Gasteiger partial charge in [-0.25, -0.2) is 4.79 Å². The first-order valence-corrected chi connectivity index (χ1v) is 12.1. The maximum atomic E-state index is 12.9. The Morgan fingerprint density at radius 3 is 1.85 bits per heavy atom. The number of carbonyl (C=O) groups excluding carboxylic acids is 4. The molecule has 0 saturated carbocycles. The van der Waals surface area contributed by atoms with Crippen LogP contribution in [-0.2, 0) is 28.8 Å². The number of hydrogen-bond acceptors (Lipinski definition) is 8. The highest BCUT2D eigenvalue weighted by molar-refractivity contribution is 7.98. The maximum absolute atomic E-state index is 12.9. The molecule has 0 aliphatic carbocycles. The van der Waals surface area contributed by atoms with Crippen molar-refractivity contribution in [2.75, 3.05) is 12.0 Å². The van der Waals surface area contributed by atoms with Crippen LogP contribution in [0.3, 0.4) is 0 Å². The number of aliphatic carboxylic acids is 2. The van der Waals surface area contributed by atoms with Gasteiger partial charge in [0, 0.05) is 6.42 Å². The van der Waals surface area contributed by atoms with Crippen molar-refractivity contribution in [1.29, 1.82) is 0 Å². The third-order valence-corrected chi connectivity index (χ3v) is 5.26. The fraction of sp³-hybridized carbons (Fsp3) is 0.700. The van der Waals surface area contributed by atoms with Crippen LogP contribution in [0.2, 0.25) is 0 Å². The molecule has 0 aliphatic rings. The fourth-order valence-corrected chi connectivity index (χ4v) is 3.31. The number of primary amides is 1. The van der Waals surface area contributed by atoms with E-state index < -0.39 is 66.2 Å². The quantitative estimate of drug-likeness (QED) is 0.119. The third-order valence-electron chi connectivity index (χ3n) is 4.62. The van der Waals surface area contributed by atoms with E-state index in [1.165, 1.54) is 11.8 Å². The Kier molecular flexibility index (Phi) is 14.5. The number of amides is 4. The Bertz CT molecular complexity index is 748. The number of carboxylic acid groups (broad SMARTS) is 2. The molecule has 0 spiro atoms. The number of thioether (sulfide) groups is 1. The van der Waals surface area contributed by atoms with E-state index in [4.69, 9.17) is 21.7 Å². The molecule has 14 heteroatoms. The predicted molar refractivity (Wildman–Crippen MR) is 125 cm³/mol. The fourth-order valence-electron chi connectivity index (χ4n) is 2.83. The van der Waals surface area contributed by atoms with Gasteiger partial charge in [0.25, 0.3) is 0 Å². The first-order chi connectivity index (χ1) is 15.8. The Balaban J connectivity index is 5.45. The van der Waals surface area contributed by atoms with Gasteiger partial charge in [0.2, 0.25) is 23.6 Å². The molecule has 0 fully saturated rings. The molecule has 13 nitrogen and oxygen atoms in total. The lowest BCUT2D eigenvalue weighted by molar-refractivity contribution is -0.147. The Morgan fingerprint density at radius 1 is 0.853 bits per heavy atom. The summed E-state index contributed by atoms with van der Waals surface area (Å²) < 4.78 is 0. The Morgan fingerprint density at radius 2 is 1.38 bits per heavy atom. The van der Waals surface area contributed by atoms with Gasteiger partial charge in [0.1, 0.15) is 18.1 Å². The largest absolute Gasteiger partial charge is 0.481 e. The molecular formula is C20H35N5O8S. The minimum absolute atomic E-state index is 0.00388. The Hall–Kier alpha value is -2.87. The number of carbonyl (C=O) groups is 6. The molecule has 0 heterocycles. The van der Waals surface area contributed by atoms with Gasteiger partial charge in [-0.3, -0.25) is 24.0 Å². The number of carboxylic acids is 2. The summed E-state index contributed by atoms with van der Waals surface area (Å²) in [6.45, 7) is 3.64. The molecule has 0 radical (unpaired) electrons. The lowest BCUT2D eigenvalue weighted by Gasteiger charge is -2.25. The summed E-state index contributed by atoms with van der Waals surface area (Å²) in [6, 6.07) is -4.96. The van der Waals surface area contributed by atoms with Crippen molar-refractivity contribution in [1.82, 2.24) is 16.0 Å². The van der Waals surface area contributed by atoms with E-state index in [9.17, 15) is 28.8 Å². The average molecular weight is 506 g/mol. The van der Waals surface area contributed by atoms with Crippen LogP contribution >= 0.6 is 11.8 Å². The number of hydrogen-bond donors (Lipinski definition) is 7. The van der Waals surface area contributed by atoms with Crippen molar-refractivity contribution in [2.24, 2.45) is 17.4 Å². The topological polar surface area (TPSA) is 231 Å². The highest BCUT2D eigenvalue weighted by Gasteiger charge is 2.31. The summed E-state index contributed by atoms with van der Waals surface area (Å²) in [5.41, 5.74) is 10.8. The average Bonchev–Trinajstić information content (AvgIpc) is 2.72. The SMILES string of the molecule is CSCCC(NC(=O)C(CC(C)C)NC(=O)C(N)CCC(N)=O)C(=O)NC(CC(=O)O)C(=O)O. The van der Waals surface area contributed by atoms with Crippen LogP contribution in [0.1, 0.15) is 46.0 Å². The molecule has 0 bridgehead atoms. The van der Waals surface area contributed by atoms with Gasteiger partial charge in [-0.05, 0) is 37.2 Å². The molecular weight excluding hydrogens is 470 g/mol. The van der Waals surface area contributed by atoms with E-state index >= 15 is 0 Å². The van der Waals surface area contributed by atoms with Crippen molar-refractivity contribution in [3.63, 3.8) is 0 Å². The van der Waals surface area contributed by atoms with Gasteiger partial charge >= 0.3 is 11.9 Å². The van der Waals surface area contributed by atoms with Gasteiger partial charge in [0.15, 0.2) is 0 Å². The zero-order valence-corrected chi connectivity index (χ0v) is 20.4. The second-order valence-electron chi connectivity index (χ2n) is 8.14. The molecule has 0 aromatic rings. The minimum Gasteiger partial charge on any atom is -0.481 e. The summed E-state index contributed by atoms with van der Waals surface area (Å²) in [4.78, 5) is 71.1. The van der Waals surface area contributed by atoms with E-state index in [1.54, 1.807) is 6.26 Å². The number of nitrogens with one attached hydrogen (secondary N) is 3. The molecule has 4 atom stereocenters. The van der Waals surface area contributed by atoms with Crippen LogP contribution in [-0.4, -0.2) is 82.0 Å². The molecule has 0 saturated heterocycles. The van der Waals surface area contributed by atoms with Crippen LogP contribution in [0.25, 0.3) is 0 Å². The maximum Gasteiger partial charge on any atom is 0.326 e. The molecule has 0 rings (SSSR count). The summed E-state index contributed by atoms with van der Waals surface area (Å²) in [6.07, 6.45) is 1.19. The first kappa shape index (κ1) is 31.1. The van der Waals surface area contributed by atoms with E-state index in [0.717, 1.165) is 0 Å². The van der Waals surface area contributed by atoms with Crippen LogP contribution in [0, 0.1) is 5.92 Å². The van der Waals surface area contributed by atoms with Gasteiger partial charge in [0.05, 0.1) is 12.5 Å². The number of rotatable bonds is 17. The lowest BCUT2D eigenvalue weighted by atomic mass is 10.0. The van der Waals surface area contributed by atoms with Crippen LogP contribution in [0.5, 0.6) is 0 Å². The van der Waals surface area contributed by atoms with Crippen molar-refractivity contribution >= 4 is 47.3 Å². The minimum atomic E-state index is -1.67. The summed E-state index contributed by atoms with van der Waals surface area (Å²) in [5, 5.41) is 25.2. The summed E-state index contributed by atoms with van der Waals surface area (Å²) in [5.74, 6) is -5.36. The zero-order chi connectivity index (χ0) is 26.4. The van der Waals surface area contributed by atoms with Crippen LogP contribution < -0.4 is 27.4 Å². The molecule has 0 aromatic heterocycles. The highest BCUT2D eigenvalue weighted by Crippen LogP contribution is 2.09. The van der Waals surface area contributed by atoms with Crippen molar-refractivity contribution in [2.45, 2.75) is 70.1 Å². The molecule has 0 aromatic carbocycles. The molecule has 34 heavy (non-hydrogen) atoms. The van der Waals surface area contributed by atoms with Crippen LogP contribution in [0.15, 0.2) is 0 Å². The normalized spacial score (nSPS) is 14.4. The molecule has 9 N–H and O–H groups in total. The van der Waals surface area contributed by atoms with E-state index in [2.05, 4.69) is 16.0 Å². The third kappa shape index (κ3) is 13.0. The second kappa shape index (κ2) is 15.9. The molecule has 4 amide bonds. The predicted octanol–water partition coefficient (Wildman–Crippen LogP) is -1.61. The first-order valence-electron chi connectivity index (χ1n) is 10.7. The van der Waals surface area contributed by atoms with Crippen LogP contribution in [0.4, 0.5) is 0 Å². The molecule has 0 aliphatic heterocycles. The van der Waals surface area contributed by atoms with E-state index in [-0.39, 0.29) is 31.6 Å². The van der Waals surface area contributed by atoms with Gasteiger partial charge in [-0.2, -0.15) is 11.8 Å². The van der Waals surface area contributed by atoms with E-state index in [0.29, 0.717) is 5.75 Å². The van der Waals surface area contributed by atoms with Crippen molar-refractivity contribution < 1.29 is 39.0 Å².